The van der Waals surface area contributed by atoms with E-state index in [0.717, 1.165) is 36.6 Å². The maximum Gasteiger partial charge on any atom is 0.124 e. The Kier molecular flexibility index (Phi) is 4.30. The van der Waals surface area contributed by atoms with Gasteiger partial charge in [0, 0.05) is 10.6 Å². The smallest absolute Gasteiger partial charge is 0.124 e. The zero-order valence-corrected chi connectivity index (χ0v) is 11.1. The molecule has 0 aromatic heterocycles. The molecule has 0 aliphatic heterocycles. The highest BCUT2D eigenvalue weighted by molar-refractivity contribution is 6.31. The van der Waals surface area contributed by atoms with Gasteiger partial charge in [0.2, 0.25) is 0 Å². The fourth-order valence-electron chi connectivity index (χ4n) is 2.20. The third-order valence-electron chi connectivity index (χ3n) is 3.28. The van der Waals surface area contributed by atoms with Crippen LogP contribution in [0.3, 0.4) is 0 Å². The average Bonchev–Trinajstić information content (AvgIpc) is 3.12. The summed E-state index contributed by atoms with van der Waals surface area (Å²) in [6.07, 6.45) is 5.67. The summed E-state index contributed by atoms with van der Waals surface area (Å²) in [4.78, 5) is 0. The molecule has 1 aliphatic carbocycles. The van der Waals surface area contributed by atoms with Crippen LogP contribution in [-0.2, 0) is 6.42 Å². The van der Waals surface area contributed by atoms with E-state index in [2.05, 4.69) is 12.1 Å². The first kappa shape index (κ1) is 12.7. The summed E-state index contributed by atoms with van der Waals surface area (Å²) >= 11 is 6.36. The van der Waals surface area contributed by atoms with E-state index in [9.17, 15) is 0 Å². The molecule has 0 amide bonds. The number of hydrogen-bond donors (Lipinski definition) is 1. The van der Waals surface area contributed by atoms with Crippen LogP contribution in [0.1, 0.15) is 42.7 Å². The lowest BCUT2D eigenvalue weighted by atomic mass is 10.0. The molecule has 3 heteroatoms. The highest BCUT2D eigenvalue weighted by atomic mass is 35.5. The number of unbranched alkanes of at least 4 members (excludes halogenated alkanes) is 1. The Morgan fingerprint density at radius 2 is 2.12 bits per heavy atom. The Hall–Kier alpha value is -0.730. The number of hydrogen-bond acceptors (Lipinski definition) is 2. The van der Waals surface area contributed by atoms with Crippen LogP contribution in [0.5, 0.6) is 5.75 Å². The van der Waals surface area contributed by atoms with Gasteiger partial charge in [-0.05, 0) is 62.3 Å². The molecular formula is C14H20ClNO. The van der Waals surface area contributed by atoms with Gasteiger partial charge in [0.15, 0.2) is 0 Å². The SMILES string of the molecule is COc1cc(CCCCN)cc(Cl)c1C1CC1. The van der Waals surface area contributed by atoms with Gasteiger partial charge in [-0.25, -0.2) is 0 Å². The van der Waals surface area contributed by atoms with Crippen LogP contribution in [0.25, 0.3) is 0 Å². The van der Waals surface area contributed by atoms with E-state index in [1.54, 1.807) is 7.11 Å². The van der Waals surface area contributed by atoms with Gasteiger partial charge in [0.1, 0.15) is 5.75 Å². The number of rotatable bonds is 6. The van der Waals surface area contributed by atoms with Gasteiger partial charge in [-0.1, -0.05) is 11.6 Å². The van der Waals surface area contributed by atoms with Crippen molar-refractivity contribution in [2.24, 2.45) is 5.73 Å². The van der Waals surface area contributed by atoms with Crippen molar-refractivity contribution in [3.63, 3.8) is 0 Å². The largest absolute Gasteiger partial charge is 0.496 e. The molecule has 2 N–H and O–H groups in total. The van der Waals surface area contributed by atoms with Crippen LogP contribution < -0.4 is 10.5 Å². The van der Waals surface area contributed by atoms with Crippen LogP contribution in [0, 0.1) is 0 Å². The van der Waals surface area contributed by atoms with E-state index in [1.807, 2.05) is 0 Å². The zero-order chi connectivity index (χ0) is 12.3. The van der Waals surface area contributed by atoms with Crippen LogP contribution in [0.15, 0.2) is 12.1 Å². The van der Waals surface area contributed by atoms with Crippen molar-refractivity contribution in [3.8, 4) is 5.75 Å². The number of nitrogens with two attached hydrogens (primary N) is 1. The fourth-order valence-corrected chi connectivity index (χ4v) is 2.59. The van der Waals surface area contributed by atoms with Crippen LogP contribution in [0.4, 0.5) is 0 Å². The first-order valence-electron chi connectivity index (χ1n) is 6.32. The molecule has 0 atom stereocenters. The van der Waals surface area contributed by atoms with Gasteiger partial charge in [-0.2, -0.15) is 0 Å². The summed E-state index contributed by atoms with van der Waals surface area (Å²) < 4.78 is 5.47. The van der Waals surface area contributed by atoms with Gasteiger partial charge in [-0.3, -0.25) is 0 Å². The minimum Gasteiger partial charge on any atom is -0.496 e. The molecule has 2 nitrogen and oxygen atoms in total. The number of ether oxygens (including phenoxy) is 1. The molecule has 1 saturated carbocycles. The predicted molar refractivity (Wildman–Crippen MR) is 72.0 cm³/mol. The maximum atomic E-state index is 6.36. The lowest BCUT2D eigenvalue weighted by Gasteiger charge is -2.12. The third kappa shape index (κ3) is 3.14. The summed E-state index contributed by atoms with van der Waals surface area (Å²) in [7, 11) is 1.72. The average molecular weight is 254 g/mol. The van der Waals surface area contributed by atoms with Crippen molar-refractivity contribution in [2.75, 3.05) is 13.7 Å². The van der Waals surface area contributed by atoms with Crippen molar-refractivity contribution in [1.29, 1.82) is 0 Å². The van der Waals surface area contributed by atoms with E-state index >= 15 is 0 Å². The van der Waals surface area contributed by atoms with Gasteiger partial charge >= 0.3 is 0 Å². The first-order valence-corrected chi connectivity index (χ1v) is 6.70. The molecule has 1 fully saturated rings. The van der Waals surface area contributed by atoms with Crippen molar-refractivity contribution in [3.05, 3.63) is 28.3 Å². The maximum absolute atomic E-state index is 6.36. The summed E-state index contributed by atoms with van der Waals surface area (Å²) in [5.41, 5.74) is 7.96. The Morgan fingerprint density at radius 3 is 2.71 bits per heavy atom. The molecule has 1 aliphatic rings. The molecule has 0 unspecified atom stereocenters. The Morgan fingerprint density at radius 1 is 1.35 bits per heavy atom. The highest BCUT2D eigenvalue weighted by Gasteiger charge is 2.29. The molecule has 94 valence electrons. The van der Waals surface area contributed by atoms with Gasteiger partial charge in [0.05, 0.1) is 7.11 Å². The van der Waals surface area contributed by atoms with E-state index < -0.39 is 0 Å². The standard InChI is InChI=1S/C14H20ClNO/c1-17-13-9-10(4-2-3-7-16)8-12(15)14(13)11-5-6-11/h8-9,11H,2-7,16H2,1H3. The second-order valence-corrected chi connectivity index (χ2v) is 5.12. The van der Waals surface area contributed by atoms with Gasteiger partial charge in [-0.15, -0.1) is 0 Å². The highest BCUT2D eigenvalue weighted by Crippen LogP contribution is 2.48. The molecule has 17 heavy (non-hydrogen) atoms. The van der Waals surface area contributed by atoms with Crippen molar-refractivity contribution in [2.45, 2.75) is 38.0 Å². The van der Waals surface area contributed by atoms with Crippen molar-refractivity contribution in [1.82, 2.24) is 0 Å². The number of methoxy groups -OCH3 is 1. The van der Waals surface area contributed by atoms with Crippen molar-refractivity contribution < 1.29 is 4.74 Å². The minimum atomic E-state index is 0.621. The second-order valence-electron chi connectivity index (χ2n) is 4.71. The third-order valence-corrected chi connectivity index (χ3v) is 3.59. The molecule has 0 spiro atoms. The monoisotopic (exact) mass is 253 g/mol. The zero-order valence-electron chi connectivity index (χ0n) is 10.3. The fraction of sp³-hybridized carbons (Fsp3) is 0.571. The molecule has 0 bridgehead atoms. The molecule has 0 saturated heterocycles. The Bertz CT molecular complexity index is 388. The summed E-state index contributed by atoms with van der Waals surface area (Å²) in [5.74, 6) is 1.58. The first-order chi connectivity index (χ1) is 8.26. The Labute approximate surface area is 108 Å². The number of aryl methyl sites for hydroxylation is 1. The van der Waals surface area contributed by atoms with E-state index in [4.69, 9.17) is 22.1 Å². The lowest BCUT2D eigenvalue weighted by Crippen LogP contribution is -2.00. The van der Waals surface area contributed by atoms with Crippen LogP contribution >= 0.6 is 11.6 Å². The minimum absolute atomic E-state index is 0.621. The van der Waals surface area contributed by atoms with Gasteiger partial charge < -0.3 is 10.5 Å². The lowest BCUT2D eigenvalue weighted by molar-refractivity contribution is 0.409. The van der Waals surface area contributed by atoms with Gasteiger partial charge in [0.25, 0.3) is 0 Å². The molecular weight excluding hydrogens is 234 g/mol. The topological polar surface area (TPSA) is 35.2 Å². The van der Waals surface area contributed by atoms with Crippen LogP contribution in [-0.4, -0.2) is 13.7 Å². The van der Waals surface area contributed by atoms with E-state index in [-0.39, 0.29) is 0 Å². The summed E-state index contributed by atoms with van der Waals surface area (Å²) in [6, 6.07) is 4.23. The molecule has 0 radical (unpaired) electrons. The second kappa shape index (κ2) is 5.74. The predicted octanol–water partition coefficient (Wildman–Crippen LogP) is 3.51. The van der Waals surface area contributed by atoms with E-state index in [0.29, 0.717) is 5.92 Å². The summed E-state index contributed by atoms with van der Waals surface area (Å²) in [5, 5.41) is 0.870. The quantitative estimate of drug-likeness (QED) is 0.788. The normalized spacial score (nSPS) is 15.0. The van der Waals surface area contributed by atoms with Crippen molar-refractivity contribution >= 4 is 11.6 Å². The molecule has 1 aromatic rings. The molecule has 1 aromatic carbocycles. The van der Waals surface area contributed by atoms with E-state index in [1.165, 1.54) is 24.0 Å². The molecule has 0 heterocycles. The summed E-state index contributed by atoms with van der Waals surface area (Å²) in [6.45, 7) is 0.755. The number of benzene rings is 1. The number of halogens is 1. The Balaban J connectivity index is 2.16. The molecule has 2 rings (SSSR count). The van der Waals surface area contributed by atoms with Crippen LogP contribution in [0.2, 0.25) is 5.02 Å².